The molecule has 9 heteroatoms. The Labute approximate surface area is 162 Å². The van der Waals surface area contributed by atoms with Crippen LogP contribution >= 0.6 is 0 Å². The largest absolute Gasteiger partial charge is 4.00 e. The molecule has 2 heterocycles. The van der Waals surface area contributed by atoms with Crippen molar-refractivity contribution < 1.29 is 17.1 Å². The minimum atomic E-state index is 0. The van der Waals surface area contributed by atoms with Gasteiger partial charge in [0.2, 0.25) is 0 Å². The van der Waals surface area contributed by atoms with Crippen molar-refractivity contribution >= 4 is 15.7 Å². The zero-order chi connectivity index (χ0) is 17.9. The maximum Gasteiger partial charge on any atom is 4.00 e. The average Bonchev–Trinajstić information content (AvgIpc) is 2.61. The predicted octanol–water partition coefficient (Wildman–Crippen LogP) is -0.981. The van der Waals surface area contributed by atoms with Crippen LogP contribution in [0.5, 0.6) is 0 Å². The van der Waals surface area contributed by atoms with E-state index >= 15 is 0 Å². The quantitative estimate of drug-likeness (QED) is 0.475. The van der Waals surface area contributed by atoms with E-state index in [0.29, 0.717) is 0 Å². The molecule has 0 aliphatic rings. The first-order chi connectivity index (χ1) is 11.8. The van der Waals surface area contributed by atoms with Crippen LogP contribution in [0.1, 0.15) is 11.4 Å². The topological polar surface area (TPSA) is 97.4 Å². The van der Waals surface area contributed by atoms with E-state index in [9.17, 15) is 0 Å². The normalized spacial score (nSPS) is 8.16. The summed E-state index contributed by atoms with van der Waals surface area (Å²) in [7, 11) is 0.139. The molecule has 0 amide bonds. The molecule has 0 saturated heterocycles. The summed E-state index contributed by atoms with van der Waals surface area (Å²) in [6, 6.07) is 11.9. The van der Waals surface area contributed by atoms with Crippen LogP contribution in [0.15, 0.2) is 48.8 Å². The van der Waals surface area contributed by atoms with Gasteiger partial charge in [-0.05, 0) is 24.3 Å². The molecular weight excluding hydrogens is 354 g/mol. The minimum absolute atomic E-state index is 0. The molecule has 0 aromatic carbocycles. The van der Waals surface area contributed by atoms with Gasteiger partial charge in [-0.3, -0.25) is 20.5 Å². The molecule has 0 saturated carbocycles. The number of nitriles is 2. The van der Waals surface area contributed by atoms with Crippen molar-refractivity contribution in [2.45, 2.75) is 13.1 Å². The van der Waals surface area contributed by atoms with Gasteiger partial charge in [-0.25, -0.2) is 0 Å². The van der Waals surface area contributed by atoms with Gasteiger partial charge in [-0.15, -0.1) is 0 Å². The minimum Gasteiger partial charge on any atom is -0.310 e. The molecule has 0 aliphatic carbocycles. The summed E-state index contributed by atoms with van der Waals surface area (Å²) in [5, 5.41) is 21.5. The third-order valence-corrected chi connectivity index (χ3v) is 2.54. The van der Waals surface area contributed by atoms with Gasteiger partial charge >= 0.3 is 17.1 Å². The van der Waals surface area contributed by atoms with Crippen molar-refractivity contribution in [3.63, 3.8) is 0 Å². The van der Waals surface area contributed by atoms with Gasteiger partial charge in [0.15, 0.2) is 0 Å². The van der Waals surface area contributed by atoms with E-state index in [4.69, 9.17) is 10.5 Å². The van der Waals surface area contributed by atoms with Gasteiger partial charge in [-0.2, -0.15) is 11.9 Å². The second-order valence-electron chi connectivity index (χ2n) is 4.00. The number of hydrogen-bond acceptors (Lipinski definition) is 6. The molecule has 130 valence electrons. The SMILES string of the molecule is [BH3-]C#N.[BH3-]C#N.[Fe+4].c1ccc(CNCCNCc2ccccn2)nc1. The zero-order valence-corrected chi connectivity index (χ0v) is 13.7. The average molecular weight is 378 g/mol. The third kappa shape index (κ3) is 16.5. The van der Waals surface area contributed by atoms with Crippen molar-refractivity contribution in [3.05, 3.63) is 60.2 Å². The monoisotopic (exact) mass is 378 g/mol. The molecule has 6 nitrogen and oxygen atoms in total. The second kappa shape index (κ2) is 19.9. The number of nitrogens with one attached hydrogen (secondary N) is 2. The summed E-state index contributed by atoms with van der Waals surface area (Å²) < 4.78 is 0. The fourth-order valence-corrected chi connectivity index (χ4v) is 1.62. The Morgan fingerprint density at radius 3 is 1.44 bits per heavy atom. The van der Waals surface area contributed by atoms with Crippen molar-refractivity contribution in [3.8, 4) is 11.9 Å². The van der Waals surface area contributed by atoms with Crippen LogP contribution < -0.4 is 10.6 Å². The number of nitrogens with zero attached hydrogens (tertiary/aromatic N) is 4. The molecule has 0 spiro atoms. The molecule has 0 fully saturated rings. The predicted molar refractivity (Wildman–Crippen MR) is 103 cm³/mol. The maximum absolute atomic E-state index is 7.43. The van der Waals surface area contributed by atoms with Gasteiger partial charge in [0.05, 0.1) is 27.1 Å². The van der Waals surface area contributed by atoms with Gasteiger partial charge in [0.1, 0.15) is 0 Å². The summed E-state index contributed by atoms with van der Waals surface area (Å²) in [5.41, 5.74) is 2.14. The van der Waals surface area contributed by atoms with Crippen LogP contribution in [-0.4, -0.2) is 38.8 Å². The van der Waals surface area contributed by atoms with E-state index in [-0.39, 0.29) is 32.8 Å². The first kappa shape index (κ1) is 25.1. The van der Waals surface area contributed by atoms with Crippen LogP contribution in [0.3, 0.4) is 0 Å². The Balaban J connectivity index is 0. The molecule has 2 aromatic rings. The zero-order valence-electron chi connectivity index (χ0n) is 12.6. The van der Waals surface area contributed by atoms with Crippen LogP contribution in [0.25, 0.3) is 0 Å². The Kier molecular flexibility index (Phi) is 20.0. The van der Waals surface area contributed by atoms with Crippen LogP contribution in [0.2, 0.25) is 0 Å². The van der Waals surface area contributed by atoms with E-state index < -0.39 is 0 Å². The molecule has 2 rings (SSSR count). The van der Waals surface area contributed by atoms with Crippen LogP contribution in [0, 0.1) is 22.5 Å². The van der Waals surface area contributed by atoms with Gasteiger partial charge in [0.25, 0.3) is 0 Å². The van der Waals surface area contributed by atoms with Crippen molar-refractivity contribution in [1.82, 2.24) is 20.6 Å². The van der Waals surface area contributed by atoms with Crippen LogP contribution in [-0.2, 0) is 30.2 Å². The smallest absolute Gasteiger partial charge is 0.310 e. The Morgan fingerprint density at radius 2 is 1.16 bits per heavy atom. The summed E-state index contributed by atoms with van der Waals surface area (Å²) in [6.07, 6.45) is 3.63. The van der Waals surface area contributed by atoms with Gasteiger partial charge in [0, 0.05) is 38.6 Å². The Bertz CT molecular complexity index is 546. The molecule has 0 bridgehead atoms. The fourth-order valence-electron chi connectivity index (χ4n) is 1.62. The molecule has 25 heavy (non-hydrogen) atoms. The Hall–Kier alpha value is -2.15. The summed E-state index contributed by atoms with van der Waals surface area (Å²) >= 11 is 0. The van der Waals surface area contributed by atoms with Gasteiger partial charge < -0.3 is 10.6 Å². The summed E-state index contributed by atoms with van der Waals surface area (Å²) in [5.74, 6) is 4.00. The number of hydrogen-bond donors (Lipinski definition) is 2. The number of pyridine rings is 2. The molecule has 2 aromatic heterocycles. The molecular formula is C16H24B2FeN6+2. The number of rotatable bonds is 7. The van der Waals surface area contributed by atoms with E-state index in [1.807, 2.05) is 60.7 Å². The van der Waals surface area contributed by atoms with Crippen LogP contribution in [0.4, 0.5) is 0 Å². The molecule has 0 unspecified atom stereocenters. The van der Waals surface area contributed by atoms with E-state index in [1.165, 1.54) is 0 Å². The molecule has 0 aliphatic heterocycles. The van der Waals surface area contributed by atoms with E-state index in [0.717, 1.165) is 37.6 Å². The van der Waals surface area contributed by atoms with Gasteiger partial charge in [-0.1, -0.05) is 12.1 Å². The summed E-state index contributed by atoms with van der Waals surface area (Å²) in [4.78, 5) is 8.50. The summed E-state index contributed by atoms with van der Waals surface area (Å²) in [6.45, 7) is 3.46. The molecule has 2 N–H and O–H groups in total. The molecule has 0 radical (unpaired) electrons. The van der Waals surface area contributed by atoms with E-state index in [1.54, 1.807) is 0 Å². The fraction of sp³-hybridized carbons (Fsp3) is 0.250. The van der Waals surface area contributed by atoms with Crippen molar-refractivity contribution in [2.75, 3.05) is 13.1 Å². The maximum atomic E-state index is 7.43. The Morgan fingerprint density at radius 1 is 0.800 bits per heavy atom. The molecule has 0 atom stereocenters. The van der Waals surface area contributed by atoms with Crippen molar-refractivity contribution in [2.24, 2.45) is 0 Å². The number of aromatic nitrogens is 2. The first-order valence-corrected chi connectivity index (χ1v) is 6.61. The second-order valence-corrected chi connectivity index (χ2v) is 4.00. The van der Waals surface area contributed by atoms with E-state index in [2.05, 4.69) is 20.6 Å². The third-order valence-electron chi connectivity index (χ3n) is 2.54. The first-order valence-electron chi connectivity index (χ1n) is 6.61. The standard InChI is InChI=1S/C14H18N4.2CH3BN.Fe/c1-3-7-17-13(5-1)11-15-9-10-16-12-14-6-2-4-8-18-14;2*2-1-3;/h1-8,15-16H,9-12H2;2*2H3;/q;2*-1;+4. The van der Waals surface area contributed by atoms with Crippen molar-refractivity contribution in [1.29, 1.82) is 10.5 Å².